The van der Waals surface area contributed by atoms with Crippen molar-refractivity contribution in [2.45, 2.75) is 0 Å². The minimum atomic E-state index is -0.992. The fourth-order valence-electron chi connectivity index (χ4n) is 3.49. The first kappa shape index (κ1) is 24.9. The Morgan fingerprint density at radius 1 is 0.895 bits per heavy atom. The number of anilines is 2. The van der Waals surface area contributed by atoms with E-state index in [-0.39, 0.29) is 11.5 Å². The lowest BCUT2D eigenvalue weighted by atomic mass is 10.1. The summed E-state index contributed by atoms with van der Waals surface area (Å²) in [5.74, 6) is -0.371. The van der Waals surface area contributed by atoms with Crippen molar-refractivity contribution in [1.82, 2.24) is 10.4 Å². The third-order valence-electron chi connectivity index (χ3n) is 5.44. The molecule has 0 aliphatic rings. The molecule has 38 heavy (non-hydrogen) atoms. The van der Waals surface area contributed by atoms with Crippen molar-refractivity contribution in [3.63, 3.8) is 0 Å². The molecule has 5 aromatic rings. The number of amides is 1. The van der Waals surface area contributed by atoms with E-state index in [9.17, 15) is 9.59 Å². The minimum Gasteiger partial charge on any atom is -0.478 e. The smallest absolute Gasteiger partial charge is 0.335 e. The molecule has 0 unspecified atom stereocenters. The van der Waals surface area contributed by atoms with Crippen LogP contribution in [-0.4, -0.2) is 28.2 Å². The van der Waals surface area contributed by atoms with Gasteiger partial charge in [0, 0.05) is 32.8 Å². The number of carbonyl (C=O) groups is 2. The maximum absolute atomic E-state index is 12.5. The molecule has 0 radical (unpaired) electrons. The molecule has 10 heteroatoms. The van der Waals surface area contributed by atoms with E-state index >= 15 is 0 Å². The zero-order valence-corrected chi connectivity index (χ0v) is 21.2. The second-order valence-electron chi connectivity index (χ2n) is 8.03. The maximum Gasteiger partial charge on any atom is 0.335 e. The van der Waals surface area contributed by atoms with Crippen molar-refractivity contribution < 1.29 is 19.1 Å². The van der Waals surface area contributed by atoms with Gasteiger partial charge in [0.25, 0.3) is 5.91 Å². The summed E-state index contributed by atoms with van der Waals surface area (Å²) in [6.07, 6.45) is 1.39. The summed E-state index contributed by atoms with van der Waals surface area (Å²) < 4.78 is 5.70. The van der Waals surface area contributed by atoms with E-state index in [4.69, 9.17) is 21.1 Å². The third kappa shape index (κ3) is 5.97. The van der Waals surface area contributed by atoms with E-state index < -0.39 is 5.97 Å². The highest BCUT2D eigenvalue weighted by atomic mass is 35.5. The van der Waals surface area contributed by atoms with Crippen LogP contribution in [0.2, 0.25) is 5.02 Å². The molecule has 0 saturated heterocycles. The molecule has 0 spiro atoms. The summed E-state index contributed by atoms with van der Waals surface area (Å²) in [6, 6.07) is 24.2. The number of carbonyl (C=O) groups excluding carboxylic acids is 1. The first-order valence-electron chi connectivity index (χ1n) is 11.3. The Morgan fingerprint density at radius 2 is 1.58 bits per heavy atom. The number of hydrogen-bond acceptors (Lipinski definition) is 7. The van der Waals surface area contributed by atoms with E-state index in [1.165, 1.54) is 29.7 Å². The molecular formula is C28H19ClN4O4S. The van der Waals surface area contributed by atoms with Gasteiger partial charge in [0.05, 0.1) is 17.5 Å². The van der Waals surface area contributed by atoms with Crippen LogP contribution in [0.25, 0.3) is 22.6 Å². The number of hydrazone groups is 1. The van der Waals surface area contributed by atoms with Crippen LogP contribution in [0.3, 0.4) is 0 Å². The molecule has 0 aliphatic heterocycles. The molecular weight excluding hydrogens is 524 g/mol. The van der Waals surface area contributed by atoms with Gasteiger partial charge in [0.2, 0.25) is 0 Å². The molecule has 0 fully saturated rings. The van der Waals surface area contributed by atoms with E-state index in [0.717, 1.165) is 27.6 Å². The molecule has 3 N–H and O–H groups in total. The summed E-state index contributed by atoms with van der Waals surface area (Å²) in [4.78, 5) is 28.1. The molecule has 0 aliphatic carbocycles. The van der Waals surface area contributed by atoms with Gasteiger partial charge >= 0.3 is 5.97 Å². The number of carboxylic acids is 1. The maximum atomic E-state index is 12.5. The molecule has 8 nitrogen and oxygen atoms in total. The largest absolute Gasteiger partial charge is 0.478 e. The number of carboxylic acid groups (broad SMARTS) is 1. The Bertz CT molecular complexity index is 1610. The fourth-order valence-corrected chi connectivity index (χ4v) is 4.35. The summed E-state index contributed by atoms with van der Waals surface area (Å²) >= 11 is 7.41. The van der Waals surface area contributed by atoms with Crippen molar-refractivity contribution in [1.29, 1.82) is 0 Å². The standard InChI is InChI=1S/C28H19ClN4O4S/c29-21-9-11-22(12-10-21)31-28-32-24(16-38-28)17-1-5-19(6-2-17)26(34)33-30-15-23-13-14-25(37-23)18-3-7-20(8-4-18)27(35)36/h1-16H,(H,31,32)(H,33,34)(H,35,36)/b30-15-. The van der Waals surface area contributed by atoms with Gasteiger partial charge in [-0.2, -0.15) is 5.10 Å². The van der Waals surface area contributed by atoms with Crippen LogP contribution in [0.5, 0.6) is 0 Å². The van der Waals surface area contributed by atoms with Gasteiger partial charge < -0.3 is 14.8 Å². The predicted octanol–water partition coefficient (Wildman–Crippen LogP) is 6.93. The SMILES string of the molecule is O=C(O)c1ccc(-c2ccc(/C=N\NC(=O)c3ccc(-c4csc(Nc5ccc(Cl)cc5)n4)cc3)o2)cc1. The average Bonchev–Trinajstić information content (AvgIpc) is 3.60. The quantitative estimate of drug-likeness (QED) is 0.144. The summed E-state index contributed by atoms with van der Waals surface area (Å²) in [5.41, 5.74) is 6.42. The van der Waals surface area contributed by atoms with Crippen LogP contribution >= 0.6 is 22.9 Å². The predicted molar refractivity (Wildman–Crippen MR) is 148 cm³/mol. The molecule has 2 aromatic heterocycles. The Balaban J connectivity index is 1.17. The minimum absolute atomic E-state index is 0.195. The summed E-state index contributed by atoms with van der Waals surface area (Å²) in [6.45, 7) is 0. The third-order valence-corrected chi connectivity index (χ3v) is 6.45. The number of benzene rings is 3. The van der Waals surface area contributed by atoms with Gasteiger partial charge in [0.15, 0.2) is 5.13 Å². The van der Waals surface area contributed by atoms with E-state index in [1.807, 2.05) is 41.8 Å². The molecule has 1 amide bonds. The first-order valence-corrected chi connectivity index (χ1v) is 12.6. The van der Waals surface area contributed by atoms with Gasteiger partial charge in [-0.05, 0) is 60.7 Å². The van der Waals surface area contributed by atoms with Crippen molar-refractivity contribution in [2.75, 3.05) is 5.32 Å². The van der Waals surface area contributed by atoms with E-state index in [0.29, 0.717) is 22.1 Å². The Kier molecular flexibility index (Phi) is 7.30. The lowest BCUT2D eigenvalue weighted by Crippen LogP contribution is -2.17. The molecule has 2 heterocycles. The molecule has 0 atom stereocenters. The number of hydrogen-bond donors (Lipinski definition) is 3. The van der Waals surface area contributed by atoms with Crippen LogP contribution in [-0.2, 0) is 0 Å². The molecule has 0 bridgehead atoms. The molecule has 188 valence electrons. The van der Waals surface area contributed by atoms with Crippen LogP contribution in [0, 0.1) is 0 Å². The zero-order chi connectivity index (χ0) is 26.5. The number of aromatic nitrogens is 1. The Labute approximate surface area is 226 Å². The number of nitrogens with one attached hydrogen (secondary N) is 2. The van der Waals surface area contributed by atoms with Gasteiger partial charge in [-0.25, -0.2) is 15.2 Å². The van der Waals surface area contributed by atoms with E-state index in [2.05, 4.69) is 20.8 Å². The number of nitrogens with zero attached hydrogens (tertiary/aromatic N) is 2. The normalized spacial score (nSPS) is 11.0. The van der Waals surface area contributed by atoms with Crippen molar-refractivity contribution in [3.8, 4) is 22.6 Å². The van der Waals surface area contributed by atoms with Gasteiger partial charge in [-0.15, -0.1) is 11.3 Å². The second-order valence-corrected chi connectivity index (χ2v) is 9.33. The number of halogens is 1. The van der Waals surface area contributed by atoms with Gasteiger partial charge in [-0.1, -0.05) is 35.9 Å². The highest BCUT2D eigenvalue weighted by Crippen LogP contribution is 2.28. The van der Waals surface area contributed by atoms with Crippen LogP contribution in [0.1, 0.15) is 26.5 Å². The van der Waals surface area contributed by atoms with Crippen molar-refractivity contribution in [3.05, 3.63) is 112 Å². The molecule has 3 aromatic carbocycles. The fraction of sp³-hybridized carbons (Fsp3) is 0. The topological polar surface area (TPSA) is 117 Å². The second kappa shape index (κ2) is 11.1. The Morgan fingerprint density at radius 3 is 2.29 bits per heavy atom. The van der Waals surface area contributed by atoms with Crippen molar-refractivity contribution >= 4 is 51.8 Å². The highest BCUT2D eigenvalue weighted by molar-refractivity contribution is 7.14. The van der Waals surface area contributed by atoms with Crippen LogP contribution in [0.4, 0.5) is 10.8 Å². The number of furan rings is 1. The lowest BCUT2D eigenvalue weighted by Gasteiger charge is -2.03. The number of rotatable bonds is 8. The highest BCUT2D eigenvalue weighted by Gasteiger charge is 2.09. The van der Waals surface area contributed by atoms with Crippen LogP contribution < -0.4 is 10.7 Å². The number of thiazole rings is 1. The molecule has 5 rings (SSSR count). The van der Waals surface area contributed by atoms with Gasteiger partial charge in [-0.3, -0.25) is 4.79 Å². The summed E-state index contributed by atoms with van der Waals surface area (Å²) in [5, 5.41) is 19.6. The first-order chi connectivity index (χ1) is 18.4. The zero-order valence-electron chi connectivity index (χ0n) is 19.6. The van der Waals surface area contributed by atoms with Crippen molar-refractivity contribution in [2.24, 2.45) is 5.10 Å². The Hall–Kier alpha value is -4.73. The average molecular weight is 543 g/mol. The lowest BCUT2D eigenvalue weighted by molar-refractivity contribution is 0.0696. The van der Waals surface area contributed by atoms with Gasteiger partial charge in [0.1, 0.15) is 11.5 Å². The number of aromatic carboxylic acids is 1. The van der Waals surface area contributed by atoms with Crippen LogP contribution in [0.15, 0.2) is 99.8 Å². The molecule has 0 saturated carbocycles. The monoisotopic (exact) mass is 542 g/mol. The van der Waals surface area contributed by atoms with E-state index in [1.54, 1.807) is 36.4 Å². The summed E-state index contributed by atoms with van der Waals surface area (Å²) in [7, 11) is 0.